The number of anilines is 1. The summed E-state index contributed by atoms with van der Waals surface area (Å²) in [5, 5.41) is 14.5. The smallest absolute Gasteiger partial charge is 0.378 e. The fraction of sp³-hybridized carbons (Fsp3) is 0.276. The van der Waals surface area contributed by atoms with Gasteiger partial charge in [0.05, 0.1) is 24.6 Å². The van der Waals surface area contributed by atoms with Gasteiger partial charge in [-0.25, -0.2) is 4.79 Å². The van der Waals surface area contributed by atoms with Crippen molar-refractivity contribution in [3.05, 3.63) is 95.6 Å². The van der Waals surface area contributed by atoms with E-state index in [4.69, 9.17) is 15.6 Å². The molecule has 3 aromatic rings. The number of rotatable bonds is 14. The average Bonchev–Trinajstić information content (AvgIpc) is 2.90. The zero-order chi connectivity index (χ0) is 27.3. The summed E-state index contributed by atoms with van der Waals surface area (Å²) in [5.74, 6) is -2.46. The molecule has 0 spiro atoms. The maximum atomic E-state index is 13.5. The van der Waals surface area contributed by atoms with Crippen molar-refractivity contribution in [1.82, 2.24) is 10.6 Å². The third-order valence-electron chi connectivity index (χ3n) is 5.85. The number of aryl methyl sites for hydroxylation is 1. The molecule has 2 unspecified atom stereocenters. The molecule has 0 fully saturated rings. The number of alkyl halides is 1. The lowest BCUT2D eigenvalue weighted by atomic mass is 10.0. The van der Waals surface area contributed by atoms with Crippen molar-refractivity contribution in [2.24, 2.45) is 0 Å². The van der Waals surface area contributed by atoms with Gasteiger partial charge in [0.25, 0.3) is 0 Å². The maximum Gasteiger partial charge on any atom is 0.378 e. The molecule has 38 heavy (non-hydrogen) atoms. The molecule has 0 saturated carbocycles. The van der Waals surface area contributed by atoms with Crippen molar-refractivity contribution in [3.63, 3.8) is 0 Å². The van der Waals surface area contributed by atoms with Crippen LogP contribution in [0, 0.1) is 0 Å². The minimum atomic E-state index is -2.57. The van der Waals surface area contributed by atoms with E-state index in [2.05, 4.69) is 22.8 Å². The summed E-state index contributed by atoms with van der Waals surface area (Å²) in [6.07, 6.45) is 0.155. The Morgan fingerprint density at radius 3 is 2.18 bits per heavy atom. The average molecular weight is 522 g/mol. The Balaban J connectivity index is 1.62. The van der Waals surface area contributed by atoms with E-state index in [1.165, 1.54) is 23.8 Å². The standard InChI is InChI=1S/C29H32FN3O5/c30-28(29(36)37)38-25-15-14-22(18-23(25)31)24(33-27(35)17-21-12-5-2-6-13-21)19-26(34)32-16-8-7-11-20-9-3-1-4-10-20/h1-6,9-10,12-15,18,24,28H,7-8,11,16-17,19,31H2,(H,32,34)(H,33,35)(H,36,37). The number of carboxylic acid groups (broad SMARTS) is 1. The van der Waals surface area contributed by atoms with E-state index in [9.17, 15) is 18.8 Å². The van der Waals surface area contributed by atoms with Gasteiger partial charge in [-0.1, -0.05) is 66.7 Å². The molecule has 0 aromatic heterocycles. The van der Waals surface area contributed by atoms with Gasteiger partial charge in [-0.2, -0.15) is 4.39 Å². The van der Waals surface area contributed by atoms with Gasteiger partial charge in [-0.15, -0.1) is 0 Å². The number of unbranched alkanes of at least 4 members (excludes halogenated alkanes) is 1. The molecule has 0 radical (unpaired) electrons. The van der Waals surface area contributed by atoms with Crippen molar-refractivity contribution in [2.75, 3.05) is 12.3 Å². The second-order valence-electron chi connectivity index (χ2n) is 8.85. The summed E-state index contributed by atoms with van der Waals surface area (Å²) in [5.41, 5.74) is 8.50. The van der Waals surface area contributed by atoms with E-state index >= 15 is 0 Å². The largest absolute Gasteiger partial charge is 0.476 e. The minimum Gasteiger partial charge on any atom is -0.476 e. The summed E-state index contributed by atoms with van der Waals surface area (Å²) in [4.78, 5) is 36.3. The van der Waals surface area contributed by atoms with Gasteiger partial charge < -0.3 is 26.2 Å². The van der Waals surface area contributed by atoms with Crippen LogP contribution in [0.15, 0.2) is 78.9 Å². The lowest BCUT2D eigenvalue weighted by molar-refractivity contribution is -0.153. The van der Waals surface area contributed by atoms with Crippen LogP contribution in [0.2, 0.25) is 0 Å². The second-order valence-corrected chi connectivity index (χ2v) is 8.85. The van der Waals surface area contributed by atoms with Crippen LogP contribution in [0.4, 0.5) is 10.1 Å². The molecule has 200 valence electrons. The van der Waals surface area contributed by atoms with Gasteiger partial charge in [0.2, 0.25) is 11.8 Å². The number of aliphatic carboxylic acids is 1. The van der Waals surface area contributed by atoms with Crippen LogP contribution in [0.3, 0.4) is 0 Å². The van der Waals surface area contributed by atoms with Crippen LogP contribution in [0.1, 0.15) is 42.0 Å². The molecule has 0 aliphatic heterocycles. The summed E-state index contributed by atoms with van der Waals surface area (Å²) in [6.45, 7) is 0.498. The van der Waals surface area contributed by atoms with Gasteiger partial charge in [0.1, 0.15) is 5.75 Å². The first-order chi connectivity index (χ1) is 18.3. The maximum absolute atomic E-state index is 13.5. The van der Waals surface area contributed by atoms with E-state index in [1.807, 2.05) is 48.5 Å². The molecule has 0 aliphatic rings. The lowest BCUT2D eigenvalue weighted by Gasteiger charge is -2.20. The Labute approximate surface area is 221 Å². The van der Waals surface area contributed by atoms with Gasteiger partial charge in [-0.3, -0.25) is 9.59 Å². The molecule has 0 bridgehead atoms. The summed E-state index contributed by atoms with van der Waals surface area (Å²) in [6, 6.07) is 22.8. The highest BCUT2D eigenvalue weighted by Gasteiger charge is 2.22. The fourth-order valence-corrected chi connectivity index (χ4v) is 3.92. The SMILES string of the molecule is Nc1cc(C(CC(=O)NCCCCc2ccccc2)NC(=O)Cc2ccccc2)ccc1OC(F)C(=O)O. The highest BCUT2D eigenvalue weighted by atomic mass is 19.1. The number of carbonyl (C=O) groups excluding carboxylic acids is 2. The molecule has 0 heterocycles. The topological polar surface area (TPSA) is 131 Å². The van der Waals surface area contributed by atoms with Crippen molar-refractivity contribution in [1.29, 1.82) is 0 Å². The highest BCUT2D eigenvalue weighted by Crippen LogP contribution is 2.28. The molecule has 9 heteroatoms. The van der Waals surface area contributed by atoms with Gasteiger partial charge in [-0.05, 0) is 48.1 Å². The molecule has 2 atom stereocenters. The van der Waals surface area contributed by atoms with E-state index in [0.29, 0.717) is 12.1 Å². The Kier molecular flexibility index (Phi) is 10.7. The van der Waals surface area contributed by atoms with Crippen molar-refractivity contribution >= 4 is 23.5 Å². The third kappa shape index (κ3) is 9.24. The van der Waals surface area contributed by atoms with Crippen LogP contribution in [0.5, 0.6) is 5.75 Å². The molecule has 8 nitrogen and oxygen atoms in total. The van der Waals surface area contributed by atoms with Crippen LogP contribution in [-0.4, -0.2) is 35.8 Å². The molecule has 3 rings (SSSR count). The lowest BCUT2D eigenvalue weighted by Crippen LogP contribution is -2.35. The van der Waals surface area contributed by atoms with E-state index < -0.39 is 18.4 Å². The number of nitrogens with one attached hydrogen (secondary N) is 2. The summed E-state index contributed by atoms with van der Waals surface area (Å²) in [7, 11) is 0. The van der Waals surface area contributed by atoms with E-state index in [0.717, 1.165) is 24.8 Å². The number of nitrogen functional groups attached to an aromatic ring is 1. The predicted octanol–water partition coefficient (Wildman–Crippen LogP) is 3.96. The molecular weight excluding hydrogens is 489 g/mol. The second kappa shape index (κ2) is 14.4. The Morgan fingerprint density at radius 2 is 1.55 bits per heavy atom. The number of nitrogens with two attached hydrogens (primary N) is 1. The van der Waals surface area contributed by atoms with Crippen LogP contribution < -0.4 is 21.1 Å². The Hall–Kier alpha value is -4.40. The number of ether oxygens (including phenoxy) is 1. The third-order valence-corrected chi connectivity index (χ3v) is 5.85. The van der Waals surface area contributed by atoms with Gasteiger partial charge >= 0.3 is 12.3 Å². The molecule has 5 N–H and O–H groups in total. The summed E-state index contributed by atoms with van der Waals surface area (Å²) >= 11 is 0. The van der Waals surface area contributed by atoms with E-state index in [-0.39, 0.29) is 36.1 Å². The summed E-state index contributed by atoms with van der Waals surface area (Å²) < 4.78 is 18.2. The monoisotopic (exact) mass is 521 g/mol. The zero-order valence-electron chi connectivity index (χ0n) is 20.9. The number of hydrogen-bond acceptors (Lipinski definition) is 5. The zero-order valence-corrected chi connectivity index (χ0v) is 20.9. The van der Waals surface area contributed by atoms with Crippen LogP contribution >= 0.6 is 0 Å². The number of halogens is 1. The van der Waals surface area contributed by atoms with Crippen LogP contribution in [-0.2, 0) is 27.2 Å². The highest BCUT2D eigenvalue weighted by molar-refractivity contribution is 5.81. The first-order valence-electron chi connectivity index (χ1n) is 12.4. The van der Waals surface area contributed by atoms with Crippen molar-refractivity contribution < 1.29 is 28.6 Å². The number of benzene rings is 3. The van der Waals surface area contributed by atoms with E-state index in [1.54, 1.807) is 0 Å². The first kappa shape index (κ1) is 28.2. The Morgan fingerprint density at radius 1 is 0.895 bits per heavy atom. The Bertz CT molecular complexity index is 1210. The van der Waals surface area contributed by atoms with Crippen molar-refractivity contribution in [3.8, 4) is 5.75 Å². The predicted molar refractivity (Wildman–Crippen MR) is 142 cm³/mol. The first-order valence-corrected chi connectivity index (χ1v) is 12.4. The minimum absolute atomic E-state index is 0.0185. The van der Waals surface area contributed by atoms with Crippen LogP contribution in [0.25, 0.3) is 0 Å². The quantitative estimate of drug-likeness (QED) is 0.188. The van der Waals surface area contributed by atoms with Gasteiger partial charge in [0, 0.05) is 6.54 Å². The number of carboxylic acids is 1. The number of hydrogen-bond donors (Lipinski definition) is 4. The fourth-order valence-electron chi connectivity index (χ4n) is 3.92. The van der Waals surface area contributed by atoms with Gasteiger partial charge in [0.15, 0.2) is 0 Å². The molecule has 3 aromatic carbocycles. The normalized spacial score (nSPS) is 12.2. The molecule has 0 aliphatic carbocycles. The molecule has 2 amide bonds. The number of amides is 2. The molecule has 0 saturated heterocycles. The van der Waals surface area contributed by atoms with Crippen molar-refractivity contribution in [2.45, 2.75) is 44.5 Å². The number of carbonyl (C=O) groups is 3. The molecular formula is C29H32FN3O5.